The van der Waals surface area contributed by atoms with E-state index in [1.54, 1.807) is 0 Å². The van der Waals surface area contributed by atoms with Crippen molar-refractivity contribution >= 4 is 28.0 Å². The van der Waals surface area contributed by atoms with E-state index in [0.29, 0.717) is 5.91 Å². The number of carbonyl (C=O) groups is 1. The molecule has 1 saturated heterocycles. The molecule has 0 spiro atoms. The van der Waals surface area contributed by atoms with Gasteiger partial charge in [-0.2, -0.15) is 0 Å². The van der Waals surface area contributed by atoms with Crippen molar-refractivity contribution < 1.29 is 4.79 Å². The largest absolute Gasteiger partial charge is 0.354 e. The molecule has 1 fully saturated rings. The van der Waals surface area contributed by atoms with Crippen LogP contribution in [0.1, 0.15) is 49.0 Å². The van der Waals surface area contributed by atoms with E-state index in [0.717, 1.165) is 38.9 Å². The minimum Gasteiger partial charge on any atom is -0.354 e. The highest BCUT2D eigenvalue weighted by Crippen LogP contribution is 2.57. The number of fused-ring (bicyclic) bond motifs is 6. The van der Waals surface area contributed by atoms with Crippen molar-refractivity contribution in [2.24, 2.45) is 0 Å². The van der Waals surface area contributed by atoms with Crippen LogP contribution >= 0.6 is 0 Å². The number of amides is 1. The number of hydrogen-bond donors (Lipinski definition) is 1. The lowest BCUT2D eigenvalue weighted by molar-refractivity contribution is -0.143. The van der Waals surface area contributed by atoms with Crippen LogP contribution in [0.5, 0.6) is 0 Å². The molecule has 6 rings (SSSR count). The Labute approximate surface area is 177 Å². The van der Waals surface area contributed by atoms with Crippen molar-refractivity contribution in [2.45, 2.75) is 38.3 Å². The summed E-state index contributed by atoms with van der Waals surface area (Å²) in [4.78, 5) is 21.7. The predicted octanol–water partition coefficient (Wildman–Crippen LogP) is 4.85. The first-order valence-electron chi connectivity index (χ1n) is 11.2. The number of piperazine rings is 1. The van der Waals surface area contributed by atoms with Crippen molar-refractivity contribution in [3.05, 3.63) is 71.4 Å². The molecule has 152 valence electrons. The fourth-order valence-corrected chi connectivity index (χ4v) is 5.69. The van der Waals surface area contributed by atoms with Gasteiger partial charge in [-0.05, 0) is 30.0 Å². The van der Waals surface area contributed by atoms with E-state index in [2.05, 4.69) is 76.3 Å². The maximum Gasteiger partial charge on any atom is 0.240 e. The fourth-order valence-electron chi connectivity index (χ4n) is 5.69. The molecule has 0 bridgehead atoms. The summed E-state index contributed by atoms with van der Waals surface area (Å²) in [6.45, 7) is 4.85. The summed E-state index contributed by atoms with van der Waals surface area (Å²) in [5.41, 5.74) is 7.90. The Hall–Kier alpha value is -2.85. The van der Waals surface area contributed by atoms with Gasteiger partial charge in [-0.25, -0.2) is 0 Å². The summed E-state index contributed by atoms with van der Waals surface area (Å²) in [5, 5.41) is 1.29. The van der Waals surface area contributed by atoms with E-state index in [-0.39, 0.29) is 12.1 Å². The van der Waals surface area contributed by atoms with Crippen LogP contribution in [0.25, 0.3) is 22.0 Å². The summed E-state index contributed by atoms with van der Waals surface area (Å²) in [7, 11) is 0. The minimum atomic E-state index is -0.0543. The number of para-hydroxylation sites is 1. The van der Waals surface area contributed by atoms with Gasteiger partial charge in [-0.1, -0.05) is 61.9 Å². The number of carbonyl (C=O) groups excluding carboxylic acids is 1. The molecule has 1 aliphatic carbocycles. The molecule has 3 heterocycles. The summed E-state index contributed by atoms with van der Waals surface area (Å²) < 4.78 is 0. The molecule has 2 atom stereocenters. The molecule has 3 aromatic rings. The number of hydrogen-bond acceptors (Lipinski definition) is 2. The van der Waals surface area contributed by atoms with Crippen LogP contribution in [0.3, 0.4) is 0 Å². The molecule has 4 heteroatoms. The molecular formula is C26H27N3O. The van der Waals surface area contributed by atoms with Crippen molar-refractivity contribution in [3.8, 4) is 0 Å². The number of aromatic amines is 1. The van der Waals surface area contributed by atoms with Gasteiger partial charge < -0.3 is 9.88 Å². The lowest BCUT2D eigenvalue weighted by atomic mass is 9.71. The van der Waals surface area contributed by atoms with Crippen molar-refractivity contribution in [2.75, 3.05) is 19.6 Å². The molecule has 1 aromatic heterocycles. The zero-order chi connectivity index (χ0) is 20.2. The van der Waals surface area contributed by atoms with Crippen LogP contribution in [0.4, 0.5) is 0 Å². The number of aromatic nitrogens is 1. The van der Waals surface area contributed by atoms with Crippen LogP contribution in [0, 0.1) is 0 Å². The van der Waals surface area contributed by atoms with Crippen LogP contribution in [0.2, 0.25) is 0 Å². The van der Waals surface area contributed by atoms with E-state index in [1.165, 1.54) is 38.9 Å². The Morgan fingerprint density at radius 1 is 1.03 bits per heavy atom. The molecule has 2 aromatic carbocycles. The number of rotatable bonds is 4. The predicted molar refractivity (Wildman–Crippen MR) is 121 cm³/mol. The number of nitrogens with one attached hydrogen (secondary N) is 1. The summed E-state index contributed by atoms with van der Waals surface area (Å²) in [6, 6.07) is 19.4. The standard InChI is InChI=1S/C26H27N3O/c1-2-3-13-28-14-15-29-21(26(28)30)16-19-22-18-11-7-8-12-20(18)27-24(22)23(19)25(29)17-9-5-4-6-10-17/h4-12,21,25,27H,2-3,13-16H2,1H3/t21-,25-/m0/s1. The molecule has 1 amide bonds. The lowest BCUT2D eigenvalue weighted by Gasteiger charge is -2.51. The lowest BCUT2D eigenvalue weighted by Crippen LogP contribution is -2.60. The fraction of sp³-hybridized carbons (Fsp3) is 0.346. The number of unbranched alkanes of at least 4 members (excludes halogenated alkanes) is 1. The number of benzene rings is 2. The highest BCUT2D eigenvalue weighted by molar-refractivity contribution is 6.15. The quantitative estimate of drug-likeness (QED) is 0.684. The molecule has 3 aliphatic rings. The number of nitrogens with zero attached hydrogens (tertiary/aromatic N) is 2. The van der Waals surface area contributed by atoms with Gasteiger partial charge in [0.05, 0.1) is 17.8 Å². The smallest absolute Gasteiger partial charge is 0.240 e. The SMILES string of the molecule is CCCCN1CCN2[C@@H](c3ccccc3)C3=C(C[C@H]2C1=O)c1c3[nH]c2ccccc12. The van der Waals surface area contributed by atoms with Crippen LogP contribution in [-0.2, 0) is 4.79 Å². The monoisotopic (exact) mass is 397 g/mol. The van der Waals surface area contributed by atoms with E-state index in [1.807, 2.05) is 0 Å². The second-order valence-electron chi connectivity index (χ2n) is 8.76. The van der Waals surface area contributed by atoms with E-state index in [4.69, 9.17) is 0 Å². The Kier molecular flexibility index (Phi) is 4.10. The zero-order valence-corrected chi connectivity index (χ0v) is 17.4. The van der Waals surface area contributed by atoms with Crippen molar-refractivity contribution in [1.82, 2.24) is 14.8 Å². The third-order valence-corrected chi connectivity index (χ3v) is 7.13. The van der Waals surface area contributed by atoms with E-state index in [9.17, 15) is 4.79 Å². The third kappa shape index (κ3) is 2.46. The molecule has 2 aliphatic heterocycles. The number of H-pyrrole nitrogens is 1. The maximum atomic E-state index is 13.5. The topological polar surface area (TPSA) is 39.3 Å². The second-order valence-corrected chi connectivity index (χ2v) is 8.76. The Morgan fingerprint density at radius 2 is 1.83 bits per heavy atom. The maximum absolute atomic E-state index is 13.5. The van der Waals surface area contributed by atoms with Crippen LogP contribution in [0.15, 0.2) is 54.6 Å². The molecule has 1 N–H and O–H groups in total. The minimum absolute atomic E-state index is 0.0543. The van der Waals surface area contributed by atoms with E-state index < -0.39 is 0 Å². The van der Waals surface area contributed by atoms with Gasteiger partial charge in [0.15, 0.2) is 0 Å². The van der Waals surface area contributed by atoms with Crippen molar-refractivity contribution in [3.63, 3.8) is 0 Å². The van der Waals surface area contributed by atoms with Gasteiger partial charge >= 0.3 is 0 Å². The summed E-state index contributed by atoms with van der Waals surface area (Å²) >= 11 is 0. The zero-order valence-electron chi connectivity index (χ0n) is 17.4. The highest BCUT2D eigenvalue weighted by Gasteiger charge is 2.49. The van der Waals surface area contributed by atoms with Gasteiger partial charge in [0.2, 0.25) is 5.91 Å². The van der Waals surface area contributed by atoms with Crippen molar-refractivity contribution in [1.29, 1.82) is 0 Å². The first-order valence-corrected chi connectivity index (χ1v) is 11.2. The van der Waals surface area contributed by atoms with E-state index >= 15 is 0 Å². The Bertz CT molecular complexity index is 1160. The molecule has 0 radical (unpaired) electrons. The highest BCUT2D eigenvalue weighted by atomic mass is 16.2. The third-order valence-electron chi connectivity index (χ3n) is 7.13. The van der Waals surface area contributed by atoms with Crippen LogP contribution < -0.4 is 0 Å². The molecule has 4 nitrogen and oxygen atoms in total. The molecule has 0 unspecified atom stereocenters. The summed E-state index contributed by atoms with van der Waals surface area (Å²) in [6.07, 6.45) is 3.04. The van der Waals surface area contributed by atoms with Crippen LogP contribution in [-0.4, -0.2) is 46.4 Å². The normalized spacial score (nSPS) is 23.2. The van der Waals surface area contributed by atoms with Gasteiger partial charge in [0.25, 0.3) is 0 Å². The van der Waals surface area contributed by atoms with Gasteiger partial charge in [0.1, 0.15) is 0 Å². The molecule has 30 heavy (non-hydrogen) atoms. The molecule has 0 saturated carbocycles. The Balaban J connectivity index is 1.46. The second kappa shape index (κ2) is 6.85. The van der Waals surface area contributed by atoms with Gasteiger partial charge in [-0.3, -0.25) is 9.69 Å². The average Bonchev–Trinajstić information content (AvgIpc) is 3.11. The first-order chi connectivity index (χ1) is 14.8. The van der Waals surface area contributed by atoms with Gasteiger partial charge in [0, 0.05) is 41.7 Å². The summed E-state index contributed by atoms with van der Waals surface area (Å²) in [5.74, 6) is 0.315. The average molecular weight is 398 g/mol. The molecular weight excluding hydrogens is 370 g/mol. The Morgan fingerprint density at radius 3 is 2.67 bits per heavy atom. The first kappa shape index (κ1) is 18.0. The van der Waals surface area contributed by atoms with Gasteiger partial charge in [-0.15, -0.1) is 0 Å².